The zero-order valence-electron chi connectivity index (χ0n) is 23.7. The summed E-state index contributed by atoms with van der Waals surface area (Å²) in [4.78, 5) is 4.46. The topological polar surface area (TPSA) is 67.2 Å². The van der Waals surface area contributed by atoms with Crippen LogP contribution in [0.1, 0.15) is 116 Å². The van der Waals surface area contributed by atoms with E-state index in [9.17, 15) is 10.8 Å². The third-order valence-electron chi connectivity index (χ3n) is 6.53. The van der Waals surface area contributed by atoms with Gasteiger partial charge in [0, 0.05) is 19.6 Å². The third kappa shape index (κ3) is 38.5. The van der Waals surface area contributed by atoms with Gasteiger partial charge in [-0.1, -0.05) is 103 Å². The summed E-state index contributed by atoms with van der Waals surface area (Å²) in [5.41, 5.74) is 0. The van der Waals surface area contributed by atoms with Gasteiger partial charge in [-0.05, 0) is 32.5 Å². The van der Waals surface area contributed by atoms with Gasteiger partial charge >= 0.3 is 28.0 Å². The Hall–Kier alpha value is 0.319. The van der Waals surface area contributed by atoms with E-state index in [1.165, 1.54) is 103 Å². The minimum absolute atomic E-state index is 0. The number of nitrogens with zero attached hydrogens (tertiary/aromatic N) is 2. The van der Waals surface area contributed by atoms with Crippen molar-refractivity contribution in [2.75, 3.05) is 59.1 Å². The predicted octanol–water partition coefficient (Wildman–Crippen LogP) is 5.98. The fraction of sp³-hybridized carbons (Fsp3) is 1.00. The van der Waals surface area contributed by atoms with Crippen LogP contribution in [0.15, 0.2) is 0 Å². The summed E-state index contributed by atoms with van der Waals surface area (Å²) >= 11 is -2.77. The van der Waals surface area contributed by atoms with Crippen molar-refractivity contribution < 1.29 is 30.5 Å². The van der Waals surface area contributed by atoms with E-state index in [0.717, 1.165) is 32.6 Å². The van der Waals surface area contributed by atoms with Crippen LogP contribution >= 0.6 is 0 Å². The molecule has 0 aromatic carbocycles. The van der Waals surface area contributed by atoms with Crippen molar-refractivity contribution in [3.63, 3.8) is 0 Å². The molecule has 0 spiro atoms. The van der Waals surface area contributed by atoms with Gasteiger partial charge in [-0.3, -0.25) is 14.3 Å². The first-order valence-corrected chi connectivity index (χ1v) is 16.6. The van der Waals surface area contributed by atoms with Gasteiger partial charge in [0.2, 0.25) is 0 Å². The second-order valence-corrected chi connectivity index (χ2v) is 9.99. The molecule has 37 heavy (non-hydrogen) atoms. The molecule has 0 aromatic rings. The van der Waals surface area contributed by atoms with Crippen molar-refractivity contribution in [3.05, 3.63) is 0 Å². The van der Waals surface area contributed by atoms with Crippen LogP contribution in [0, 0.1) is 0 Å². The molecule has 5 nitrogen and oxygen atoms in total. The van der Waals surface area contributed by atoms with E-state index in [4.69, 9.17) is 10.2 Å². The molecule has 0 aliphatic heterocycles. The molecule has 2 radical (unpaired) electrons. The Morgan fingerprint density at radius 3 is 0.973 bits per heavy atom. The van der Waals surface area contributed by atoms with Crippen molar-refractivity contribution in [3.8, 4) is 0 Å². The van der Waals surface area contributed by atoms with Crippen LogP contribution in [0.25, 0.3) is 0 Å². The first-order valence-electron chi connectivity index (χ1n) is 14.4. The van der Waals surface area contributed by atoms with Gasteiger partial charge in [-0.15, -0.1) is 0 Å². The van der Waals surface area contributed by atoms with Crippen molar-refractivity contribution in [1.29, 1.82) is 0 Å². The quantitative estimate of drug-likeness (QED) is 0.0578. The molecule has 0 aromatic heterocycles. The summed E-state index contributed by atoms with van der Waals surface area (Å²) in [6.45, 7) is 7.72. The van der Waals surface area contributed by atoms with E-state index in [2.05, 4.69) is 16.7 Å². The molecule has 0 rings (SSSR count). The first kappa shape index (κ1) is 44.3. The third-order valence-corrected chi connectivity index (χ3v) is 6.53. The monoisotopic (exact) mass is 656 g/mol. The van der Waals surface area contributed by atoms with Crippen LogP contribution in [-0.4, -0.2) is 106 Å². The van der Waals surface area contributed by atoms with Gasteiger partial charge < -0.3 is 20.2 Å². The van der Waals surface area contributed by atoms with Gasteiger partial charge in [-0.2, -0.15) is 0 Å². The average Bonchev–Trinajstić information content (AvgIpc) is 2.84. The fourth-order valence-electron chi connectivity index (χ4n) is 4.50. The van der Waals surface area contributed by atoms with E-state index in [1.54, 1.807) is 0 Å². The van der Waals surface area contributed by atoms with Crippen LogP contribution in [0.5, 0.6) is 0 Å². The van der Waals surface area contributed by atoms with Crippen LogP contribution in [0.2, 0.25) is 0 Å². The second-order valence-electron chi connectivity index (χ2n) is 9.58. The normalized spacial score (nSPS) is 10.7. The SMILES string of the molecule is CCCCCCCCCCCCCCCCCCN(CCO)CCCN(CCO)CCO.F.F.[F][Sn][F]. The van der Waals surface area contributed by atoms with Crippen molar-refractivity contribution in [1.82, 2.24) is 9.80 Å². The van der Waals surface area contributed by atoms with Gasteiger partial charge in [0.1, 0.15) is 0 Å². The summed E-state index contributed by atoms with van der Waals surface area (Å²) in [7, 11) is 0. The summed E-state index contributed by atoms with van der Waals surface area (Å²) in [5, 5.41) is 27.5. The van der Waals surface area contributed by atoms with E-state index in [0.29, 0.717) is 13.1 Å². The summed E-state index contributed by atoms with van der Waals surface area (Å²) in [6, 6.07) is 0. The molecule has 0 fully saturated rings. The Balaban J connectivity index is -0.00000103. The van der Waals surface area contributed by atoms with E-state index in [-0.39, 0.29) is 29.2 Å². The molecule has 228 valence electrons. The number of hydrogen-bond donors (Lipinski definition) is 3. The molecule has 0 heterocycles. The number of halogens is 4. The zero-order chi connectivity index (χ0) is 26.2. The predicted molar refractivity (Wildman–Crippen MR) is 151 cm³/mol. The summed E-state index contributed by atoms with van der Waals surface area (Å²) < 4.78 is 19.6. The Labute approximate surface area is 237 Å². The van der Waals surface area contributed by atoms with Gasteiger partial charge in [0.15, 0.2) is 0 Å². The van der Waals surface area contributed by atoms with Crippen molar-refractivity contribution >= 4 is 22.3 Å². The molecule has 0 aliphatic rings. The molecule has 0 atom stereocenters. The number of unbranched alkanes of at least 4 members (excludes halogenated alkanes) is 15. The van der Waals surface area contributed by atoms with E-state index < -0.39 is 22.3 Å². The summed E-state index contributed by atoms with van der Waals surface area (Å²) in [5.74, 6) is 0. The van der Waals surface area contributed by atoms with Crippen LogP contribution in [0.3, 0.4) is 0 Å². The molecular formula is C27H60F4N2O3Sn. The molecule has 0 saturated carbocycles. The molecule has 3 N–H and O–H groups in total. The number of aliphatic hydroxyl groups is 3. The number of rotatable bonds is 27. The molecule has 0 saturated heterocycles. The number of hydrogen-bond acceptors (Lipinski definition) is 5. The molecule has 0 amide bonds. The molecule has 0 aliphatic carbocycles. The molecule has 0 unspecified atom stereocenters. The van der Waals surface area contributed by atoms with Gasteiger partial charge in [0.25, 0.3) is 0 Å². The Morgan fingerprint density at radius 1 is 0.432 bits per heavy atom. The van der Waals surface area contributed by atoms with Crippen LogP contribution in [0.4, 0.5) is 15.1 Å². The maximum atomic E-state index is 9.80. The van der Waals surface area contributed by atoms with E-state index >= 15 is 0 Å². The standard InChI is InChI=1S/C27H58N2O3.4FH.Sn/c1-2-3-4-5-6-7-8-9-10-11-12-13-14-15-16-17-19-28(22-25-30)20-18-21-29(23-26-31)24-27-32;;;;;/h30-32H,2-27H2,1H3;4*1H;/q;;;;;+2/p-2. The van der Waals surface area contributed by atoms with E-state index in [1.807, 2.05) is 0 Å². The average molecular weight is 655 g/mol. The zero-order valence-corrected chi connectivity index (χ0v) is 26.5. The van der Waals surface area contributed by atoms with Crippen LogP contribution < -0.4 is 0 Å². The Bertz CT molecular complexity index is 377. The van der Waals surface area contributed by atoms with Crippen molar-refractivity contribution in [2.45, 2.75) is 116 Å². The first-order chi connectivity index (χ1) is 17.2. The van der Waals surface area contributed by atoms with Gasteiger partial charge in [-0.25, -0.2) is 0 Å². The van der Waals surface area contributed by atoms with Crippen molar-refractivity contribution in [2.24, 2.45) is 0 Å². The van der Waals surface area contributed by atoms with Gasteiger partial charge in [0.05, 0.1) is 19.8 Å². The Morgan fingerprint density at radius 2 is 0.676 bits per heavy atom. The molecule has 0 bridgehead atoms. The maximum absolute atomic E-state index is 9.80. The second kappa shape index (κ2) is 40.8. The minimum atomic E-state index is -2.77. The summed E-state index contributed by atoms with van der Waals surface area (Å²) in [6.07, 6.45) is 23.3. The number of aliphatic hydroxyl groups excluding tert-OH is 3. The molecule has 10 heteroatoms. The Kier molecular flexibility index (Phi) is 48.9. The molecular weight excluding hydrogens is 595 g/mol. The van der Waals surface area contributed by atoms with Crippen LogP contribution in [-0.2, 0) is 0 Å². The fourth-order valence-corrected chi connectivity index (χ4v) is 4.50.